The van der Waals surface area contributed by atoms with Crippen LogP contribution < -0.4 is 5.43 Å². The molecule has 1 heterocycles. The third kappa shape index (κ3) is 7.61. The molecule has 0 bridgehead atoms. The molecule has 0 aromatic heterocycles. The molecule has 3 heteroatoms. The summed E-state index contributed by atoms with van der Waals surface area (Å²) in [7, 11) is 0. The zero-order valence-electron chi connectivity index (χ0n) is 14.0. The van der Waals surface area contributed by atoms with Crippen LogP contribution in [-0.4, -0.2) is 36.9 Å². The number of hydrazine groups is 1. The summed E-state index contributed by atoms with van der Waals surface area (Å²) in [5.74, 6) is 0. The lowest BCUT2D eigenvalue weighted by Gasteiger charge is -2.39. The summed E-state index contributed by atoms with van der Waals surface area (Å²) in [6.45, 7) is 10.8. The molecule has 20 heavy (non-hydrogen) atoms. The second-order valence-electron chi connectivity index (χ2n) is 6.54. The summed E-state index contributed by atoms with van der Waals surface area (Å²) in [5, 5.41) is 2.38. The normalized spacial score (nSPS) is 19.9. The molecule has 1 aliphatic heterocycles. The first-order valence-electron chi connectivity index (χ1n) is 8.80. The van der Waals surface area contributed by atoms with Gasteiger partial charge >= 0.3 is 0 Å². The summed E-state index contributed by atoms with van der Waals surface area (Å²) in [5.41, 5.74) is 4.10. The molecule has 0 aromatic rings. The van der Waals surface area contributed by atoms with E-state index in [0.29, 0.717) is 0 Å². The summed E-state index contributed by atoms with van der Waals surface area (Å²) in [4.78, 5) is 0. The Bertz CT molecular complexity index is 229. The van der Waals surface area contributed by atoms with E-state index in [9.17, 15) is 0 Å². The molecule has 1 saturated heterocycles. The van der Waals surface area contributed by atoms with Crippen LogP contribution in [0, 0.1) is 0 Å². The van der Waals surface area contributed by atoms with Gasteiger partial charge < -0.3 is 4.74 Å². The Morgan fingerprint density at radius 1 is 0.900 bits per heavy atom. The van der Waals surface area contributed by atoms with Gasteiger partial charge in [0, 0.05) is 18.6 Å². The lowest BCUT2D eigenvalue weighted by Crippen LogP contribution is -2.56. The molecular formula is C17H36N2O. The molecule has 0 saturated carbocycles. The largest absolute Gasteiger partial charge is 0.379 e. The van der Waals surface area contributed by atoms with Gasteiger partial charge in [0.05, 0.1) is 13.2 Å². The van der Waals surface area contributed by atoms with Gasteiger partial charge in [-0.2, -0.15) is 0 Å². The van der Waals surface area contributed by atoms with Gasteiger partial charge in [0.15, 0.2) is 0 Å². The van der Waals surface area contributed by atoms with Crippen LogP contribution >= 0.6 is 0 Å². The molecule has 1 N–H and O–H groups in total. The monoisotopic (exact) mass is 284 g/mol. The van der Waals surface area contributed by atoms with E-state index < -0.39 is 0 Å². The highest BCUT2D eigenvalue weighted by Crippen LogP contribution is 2.23. The van der Waals surface area contributed by atoms with Crippen molar-refractivity contribution in [3.8, 4) is 0 Å². The van der Waals surface area contributed by atoms with Crippen molar-refractivity contribution in [2.75, 3.05) is 26.3 Å². The second-order valence-corrected chi connectivity index (χ2v) is 6.54. The van der Waals surface area contributed by atoms with Gasteiger partial charge in [-0.15, -0.1) is 0 Å². The van der Waals surface area contributed by atoms with Crippen LogP contribution in [0.3, 0.4) is 0 Å². The van der Waals surface area contributed by atoms with E-state index in [2.05, 4.69) is 31.2 Å². The molecule has 1 atom stereocenters. The third-order valence-electron chi connectivity index (χ3n) is 4.35. The van der Waals surface area contributed by atoms with E-state index in [1.165, 1.54) is 57.8 Å². The fourth-order valence-electron chi connectivity index (χ4n) is 3.00. The number of hydrogen-bond acceptors (Lipinski definition) is 3. The van der Waals surface area contributed by atoms with Gasteiger partial charge in [-0.1, -0.05) is 58.8 Å². The number of rotatable bonds is 11. The maximum Gasteiger partial charge on any atom is 0.0608 e. The van der Waals surface area contributed by atoms with Crippen LogP contribution in [0.4, 0.5) is 0 Å². The van der Waals surface area contributed by atoms with Gasteiger partial charge in [0.25, 0.3) is 0 Å². The van der Waals surface area contributed by atoms with Gasteiger partial charge in [-0.25, -0.2) is 10.4 Å². The topological polar surface area (TPSA) is 24.5 Å². The fourth-order valence-corrected chi connectivity index (χ4v) is 3.00. The lowest BCUT2D eigenvalue weighted by molar-refractivity contribution is -0.0139. The molecule has 1 fully saturated rings. The summed E-state index contributed by atoms with van der Waals surface area (Å²) in [6, 6.07) is 0. The van der Waals surface area contributed by atoms with Crippen molar-refractivity contribution in [3.05, 3.63) is 0 Å². The minimum absolute atomic E-state index is 0.278. The molecule has 0 aliphatic carbocycles. The summed E-state index contributed by atoms with van der Waals surface area (Å²) >= 11 is 0. The van der Waals surface area contributed by atoms with E-state index in [1.807, 2.05) is 0 Å². The second kappa shape index (κ2) is 10.6. The molecule has 0 aromatic carbocycles. The minimum atomic E-state index is 0.278. The van der Waals surface area contributed by atoms with Crippen LogP contribution in [0.5, 0.6) is 0 Å². The Morgan fingerprint density at radius 2 is 1.45 bits per heavy atom. The van der Waals surface area contributed by atoms with Crippen LogP contribution in [0.15, 0.2) is 0 Å². The SMILES string of the molecule is CCCCCCC(C)(CCCCC)NN1CCOCC1. The zero-order chi connectivity index (χ0) is 14.7. The highest BCUT2D eigenvalue weighted by molar-refractivity contribution is 4.82. The van der Waals surface area contributed by atoms with Gasteiger partial charge in [0.2, 0.25) is 0 Å². The van der Waals surface area contributed by atoms with Gasteiger partial charge in [-0.3, -0.25) is 0 Å². The average molecular weight is 284 g/mol. The first-order valence-corrected chi connectivity index (χ1v) is 8.80. The molecule has 1 rings (SSSR count). The first-order chi connectivity index (χ1) is 9.70. The highest BCUT2D eigenvalue weighted by Gasteiger charge is 2.26. The highest BCUT2D eigenvalue weighted by atomic mass is 16.5. The number of morpholine rings is 1. The van der Waals surface area contributed by atoms with Crippen molar-refractivity contribution in [3.63, 3.8) is 0 Å². The molecule has 120 valence electrons. The number of hydrogen-bond donors (Lipinski definition) is 1. The Balaban J connectivity index is 2.38. The third-order valence-corrected chi connectivity index (χ3v) is 4.35. The van der Waals surface area contributed by atoms with Gasteiger partial charge in [0.1, 0.15) is 0 Å². The molecule has 3 nitrogen and oxygen atoms in total. The van der Waals surface area contributed by atoms with Crippen molar-refractivity contribution < 1.29 is 4.74 Å². The maximum atomic E-state index is 5.44. The standard InChI is InChI=1S/C17H36N2O/c1-4-6-8-10-12-17(3,11-9-7-5-2)18-19-13-15-20-16-14-19/h18H,4-16H2,1-3H3. The average Bonchev–Trinajstić information content (AvgIpc) is 2.45. The van der Waals surface area contributed by atoms with E-state index in [-0.39, 0.29) is 5.54 Å². The summed E-state index contributed by atoms with van der Waals surface area (Å²) < 4.78 is 5.44. The van der Waals surface area contributed by atoms with Crippen LogP contribution in [0.2, 0.25) is 0 Å². The molecule has 1 aliphatic rings. The van der Waals surface area contributed by atoms with E-state index in [1.54, 1.807) is 0 Å². The van der Waals surface area contributed by atoms with Crippen molar-refractivity contribution in [1.82, 2.24) is 10.4 Å². The maximum absolute atomic E-state index is 5.44. The van der Waals surface area contributed by atoms with Crippen LogP contribution in [0.1, 0.15) is 78.6 Å². The van der Waals surface area contributed by atoms with Crippen molar-refractivity contribution in [2.45, 2.75) is 84.1 Å². The molecular weight excluding hydrogens is 248 g/mol. The van der Waals surface area contributed by atoms with E-state index >= 15 is 0 Å². The van der Waals surface area contributed by atoms with Crippen LogP contribution in [-0.2, 0) is 4.74 Å². The van der Waals surface area contributed by atoms with Crippen molar-refractivity contribution >= 4 is 0 Å². The minimum Gasteiger partial charge on any atom is -0.379 e. The number of nitrogens with one attached hydrogen (secondary N) is 1. The predicted octanol–water partition coefficient (Wildman–Crippen LogP) is 4.13. The fraction of sp³-hybridized carbons (Fsp3) is 1.00. The lowest BCUT2D eigenvalue weighted by atomic mass is 9.89. The van der Waals surface area contributed by atoms with Crippen molar-refractivity contribution in [2.24, 2.45) is 0 Å². The quantitative estimate of drug-likeness (QED) is 0.577. The predicted molar refractivity (Wildman–Crippen MR) is 86.8 cm³/mol. The molecule has 0 amide bonds. The summed E-state index contributed by atoms with van der Waals surface area (Å²) in [6.07, 6.45) is 12.0. The van der Waals surface area contributed by atoms with E-state index in [4.69, 9.17) is 4.74 Å². The first kappa shape index (κ1) is 17.9. The van der Waals surface area contributed by atoms with Gasteiger partial charge in [-0.05, 0) is 19.8 Å². The molecule has 1 unspecified atom stereocenters. The number of unbranched alkanes of at least 4 members (excludes halogenated alkanes) is 5. The number of ether oxygens (including phenoxy) is 1. The Kier molecular flexibility index (Phi) is 9.49. The Labute approximate surface area is 126 Å². The van der Waals surface area contributed by atoms with Crippen molar-refractivity contribution in [1.29, 1.82) is 0 Å². The van der Waals surface area contributed by atoms with Crippen LogP contribution in [0.25, 0.3) is 0 Å². The Hall–Kier alpha value is -0.120. The zero-order valence-corrected chi connectivity index (χ0v) is 14.0. The molecule has 0 spiro atoms. The smallest absolute Gasteiger partial charge is 0.0608 e. The Morgan fingerprint density at radius 3 is 2.05 bits per heavy atom. The van der Waals surface area contributed by atoms with E-state index in [0.717, 1.165) is 26.3 Å². The molecule has 0 radical (unpaired) electrons. The number of nitrogens with zero attached hydrogens (tertiary/aromatic N) is 1.